The molecular weight excluding hydrogens is 426 g/mol. The summed E-state index contributed by atoms with van der Waals surface area (Å²) in [6.45, 7) is 4.70. The maximum Gasteiger partial charge on any atom is 0.261 e. The van der Waals surface area contributed by atoms with Gasteiger partial charge in [-0.2, -0.15) is 0 Å². The summed E-state index contributed by atoms with van der Waals surface area (Å²) in [6.07, 6.45) is 0. The first-order valence-electron chi connectivity index (χ1n) is 8.94. The third kappa shape index (κ3) is 4.21. The van der Waals surface area contributed by atoms with Gasteiger partial charge in [0.05, 0.1) is 29.0 Å². The molecule has 27 heavy (non-hydrogen) atoms. The minimum atomic E-state index is -0.0326. The van der Waals surface area contributed by atoms with Crippen LogP contribution in [-0.4, -0.2) is 55.2 Å². The van der Waals surface area contributed by atoms with Crippen molar-refractivity contribution >= 4 is 48.5 Å². The number of morpholine rings is 1. The molecular formula is C20H20BrN3O2S. The Morgan fingerprint density at radius 3 is 2.67 bits per heavy atom. The molecule has 3 aromatic rings. The number of amides is 1. The molecule has 2 aromatic carbocycles. The summed E-state index contributed by atoms with van der Waals surface area (Å²) in [6, 6.07) is 15.5. The number of ether oxygens (including phenoxy) is 1. The zero-order valence-electron chi connectivity index (χ0n) is 14.8. The van der Waals surface area contributed by atoms with Crippen molar-refractivity contribution in [3.8, 4) is 0 Å². The fourth-order valence-electron chi connectivity index (χ4n) is 3.11. The van der Waals surface area contributed by atoms with Crippen LogP contribution < -0.4 is 4.90 Å². The number of fused-ring (bicyclic) bond motifs is 1. The Kier molecular flexibility index (Phi) is 5.83. The van der Waals surface area contributed by atoms with Gasteiger partial charge in [0.1, 0.15) is 0 Å². The lowest BCUT2D eigenvalue weighted by atomic mass is 10.2. The molecule has 0 atom stereocenters. The Balaban J connectivity index is 1.63. The van der Waals surface area contributed by atoms with E-state index in [9.17, 15) is 4.79 Å². The Hall–Kier alpha value is -1.80. The van der Waals surface area contributed by atoms with Crippen molar-refractivity contribution in [2.24, 2.45) is 0 Å². The number of carbonyl (C=O) groups is 1. The third-order valence-electron chi connectivity index (χ3n) is 4.61. The second kappa shape index (κ2) is 8.48. The number of halogens is 1. The van der Waals surface area contributed by atoms with E-state index in [1.165, 1.54) is 0 Å². The van der Waals surface area contributed by atoms with Crippen LogP contribution in [0, 0.1) is 0 Å². The van der Waals surface area contributed by atoms with E-state index in [4.69, 9.17) is 9.72 Å². The van der Waals surface area contributed by atoms with Gasteiger partial charge in [0.15, 0.2) is 5.13 Å². The largest absolute Gasteiger partial charge is 0.379 e. The van der Waals surface area contributed by atoms with Gasteiger partial charge in [-0.05, 0) is 40.2 Å². The molecule has 2 heterocycles. The summed E-state index contributed by atoms with van der Waals surface area (Å²) < 4.78 is 7.31. The van der Waals surface area contributed by atoms with Gasteiger partial charge >= 0.3 is 0 Å². The summed E-state index contributed by atoms with van der Waals surface area (Å²) in [4.78, 5) is 22.2. The topological polar surface area (TPSA) is 45.7 Å². The van der Waals surface area contributed by atoms with E-state index in [1.54, 1.807) is 16.2 Å². The van der Waals surface area contributed by atoms with Crippen molar-refractivity contribution < 1.29 is 9.53 Å². The summed E-state index contributed by atoms with van der Waals surface area (Å²) in [5.74, 6) is -0.0326. The molecule has 0 radical (unpaired) electrons. The highest BCUT2D eigenvalue weighted by Crippen LogP contribution is 2.30. The van der Waals surface area contributed by atoms with Gasteiger partial charge in [0.2, 0.25) is 0 Å². The van der Waals surface area contributed by atoms with Crippen LogP contribution in [0.3, 0.4) is 0 Å². The Morgan fingerprint density at radius 2 is 1.89 bits per heavy atom. The summed E-state index contributed by atoms with van der Waals surface area (Å²) in [5, 5.41) is 0.741. The Bertz CT molecular complexity index is 907. The maximum absolute atomic E-state index is 13.3. The minimum Gasteiger partial charge on any atom is -0.379 e. The van der Waals surface area contributed by atoms with Crippen LogP contribution >= 0.6 is 27.3 Å². The van der Waals surface area contributed by atoms with Crippen molar-refractivity contribution in [2.75, 3.05) is 44.3 Å². The molecule has 4 rings (SSSR count). The van der Waals surface area contributed by atoms with Crippen LogP contribution in [0.15, 0.2) is 53.0 Å². The first-order chi connectivity index (χ1) is 13.2. The molecule has 140 valence electrons. The van der Waals surface area contributed by atoms with Crippen molar-refractivity contribution in [3.05, 3.63) is 58.6 Å². The van der Waals surface area contributed by atoms with E-state index in [1.807, 2.05) is 48.5 Å². The minimum absolute atomic E-state index is 0.0326. The van der Waals surface area contributed by atoms with Crippen molar-refractivity contribution in [2.45, 2.75) is 0 Å². The highest BCUT2D eigenvalue weighted by molar-refractivity contribution is 9.10. The number of para-hydroxylation sites is 1. The maximum atomic E-state index is 13.3. The van der Waals surface area contributed by atoms with Gasteiger partial charge in [0, 0.05) is 30.7 Å². The number of benzene rings is 2. The predicted molar refractivity (Wildman–Crippen MR) is 113 cm³/mol. The van der Waals surface area contributed by atoms with Crippen LogP contribution in [0.1, 0.15) is 10.4 Å². The van der Waals surface area contributed by atoms with Gasteiger partial charge in [-0.1, -0.05) is 35.6 Å². The highest BCUT2D eigenvalue weighted by atomic mass is 79.9. The second-order valence-corrected chi connectivity index (χ2v) is 8.22. The van der Waals surface area contributed by atoms with Crippen LogP contribution in [0.4, 0.5) is 5.13 Å². The van der Waals surface area contributed by atoms with Gasteiger partial charge < -0.3 is 4.74 Å². The van der Waals surface area contributed by atoms with E-state index >= 15 is 0 Å². The van der Waals surface area contributed by atoms with Crippen LogP contribution in [0.25, 0.3) is 10.2 Å². The molecule has 0 unspecified atom stereocenters. The molecule has 0 saturated carbocycles. The first kappa shape index (κ1) is 18.6. The number of thiazole rings is 1. The smallest absolute Gasteiger partial charge is 0.261 e. The normalized spacial score (nSPS) is 15.1. The number of aromatic nitrogens is 1. The van der Waals surface area contributed by atoms with Crippen molar-refractivity contribution in [1.29, 1.82) is 0 Å². The Morgan fingerprint density at radius 1 is 1.15 bits per heavy atom. The van der Waals surface area contributed by atoms with E-state index in [-0.39, 0.29) is 5.91 Å². The molecule has 0 spiro atoms. The fraction of sp³-hybridized carbons (Fsp3) is 0.300. The number of rotatable bonds is 5. The molecule has 1 saturated heterocycles. The monoisotopic (exact) mass is 445 g/mol. The molecule has 1 aromatic heterocycles. The van der Waals surface area contributed by atoms with Gasteiger partial charge in [-0.3, -0.25) is 14.6 Å². The third-order valence-corrected chi connectivity index (χ3v) is 6.36. The molecule has 1 aliphatic rings. The van der Waals surface area contributed by atoms with Crippen LogP contribution in [0.5, 0.6) is 0 Å². The molecule has 0 N–H and O–H groups in total. The Labute approximate surface area is 170 Å². The van der Waals surface area contributed by atoms with Crippen molar-refractivity contribution in [3.63, 3.8) is 0 Å². The molecule has 1 aliphatic heterocycles. The lowest BCUT2D eigenvalue weighted by Gasteiger charge is -2.29. The van der Waals surface area contributed by atoms with Gasteiger partial charge in [0.25, 0.3) is 5.91 Å². The number of anilines is 1. The predicted octanol–water partition coefficient (Wildman–Crippen LogP) is 4.04. The number of hydrogen-bond donors (Lipinski definition) is 0. The average molecular weight is 446 g/mol. The first-order valence-corrected chi connectivity index (χ1v) is 10.6. The summed E-state index contributed by atoms with van der Waals surface area (Å²) in [7, 11) is 0. The number of hydrogen-bond acceptors (Lipinski definition) is 5. The zero-order chi connectivity index (χ0) is 18.6. The van der Waals surface area contributed by atoms with Crippen molar-refractivity contribution in [1.82, 2.24) is 9.88 Å². The lowest BCUT2D eigenvalue weighted by molar-refractivity contribution is 0.0391. The second-order valence-electron chi connectivity index (χ2n) is 6.35. The molecule has 0 aliphatic carbocycles. The molecule has 5 nitrogen and oxygen atoms in total. The van der Waals surface area contributed by atoms with E-state index in [2.05, 4.69) is 20.8 Å². The molecule has 0 bridgehead atoms. The standard InChI is InChI=1S/C20H20BrN3O2S/c21-16-6-2-1-5-15(16)19(25)24(10-9-23-11-13-26-14-12-23)20-22-17-7-3-4-8-18(17)27-20/h1-8H,9-14H2. The zero-order valence-corrected chi connectivity index (χ0v) is 17.2. The van der Waals surface area contributed by atoms with Crippen LogP contribution in [-0.2, 0) is 4.74 Å². The molecule has 1 fully saturated rings. The average Bonchev–Trinajstić information content (AvgIpc) is 3.13. The van der Waals surface area contributed by atoms with Crippen LogP contribution in [0.2, 0.25) is 0 Å². The summed E-state index contributed by atoms with van der Waals surface area (Å²) >= 11 is 5.06. The van der Waals surface area contributed by atoms with Gasteiger partial charge in [-0.15, -0.1) is 0 Å². The van der Waals surface area contributed by atoms with E-state index in [0.29, 0.717) is 12.1 Å². The van der Waals surface area contributed by atoms with Gasteiger partial charge in [-0.25, -0.2) is 4.98 Å². The quantitative estimate of drug-likeness (QED) is 0.594. The SMILES string of the molecule is O=C(c1ccccc1Br)N(CCN1CCOCC1)c1nc2ccccc2s1. The summed E-state index contributed by atoms with van der Waals surface area (Å²) in [5.41, 5.74) is 1.58. The fourth-order valence-corrected chi connectivity index (χ4v) is 4.55. The molecule has 7 heteroatoms. The van der Waals surface area contributed by atoms with E-state index in [0.717, 1.165) is 52.7 Å². The number of nitrogens with zero attached hydrogens (tertiary/aromatic N) is 3. The highest BCUT2D eigenvalue weighted by Gasteiger charge is 2.24. The lowest BCUT2D eigenvalue weighted by Crippen LogP contribution is -2.43. The van der Waals surface area contributed by atoms with E-state index < -0.39 is 0 Å². The molecule has 1 amide bonds. The number of carbonyl (C=O) groups excluding carboxylic acids is 1.